The minimum absolute atomic E-state index is 0.00615. The summed E-state index contributed by atoms with van der Waals surface area (Å²) < 4.78 is 1.36. The molecular weight excluding hydrogens is 454 g/mol. The van der Waals surface area contributed by atoms with Crippen molar-refractivity contribution >= 4 is 38.8 Å². The van der Waals surface area contributed by atoms with Gasteiger partial charge in [-0.15, -0.1) is 0 Å². The molecule has 5 aromatic rings. The molecule has 0 radical (unpaired) electrons. The van der Waals surface area contributed by atoms with Gasteiger partial charge >= 0.3 is 0 Å². The fourth-order valence-corrected chi connectivity index (χ4v) is 4.72. The van der Waals surface area contributed by atoms with E-state index in [1.54, 1.807) is 61.6 Å². The molecule has 0 aliphatic rings. The lowest BCUT2D eigenvalue weighted by molar-refractivity contribution is 0.0972. The molecular formula is C29H25N3O4. The second-order valence-corrected chi connectivity index (χ2v) is 8.74. The smallest absolute Gasteiger partial charge is 0.265 e. The molecule has 180 valence electrons. The Kier molecular flexibility index (Phi) is 5.82. The number of hydrogen-bond acceptors (Lipinski definition) is 6. The standard InChI is InChI=1S/C29H25N3O4/c1-32-23-14-4-2-11-19(23)28(35)27(29(32)36)25(34)16-22(18-10-3-5-15-24(18)33)31-21-13-7-9-17-8-6-12-20(30)26(17)21/h2-15,22,31,33,35H,16,30H2,1H3. The Labute approximate surface area is 207 Å². The van der Waals surface area contributed by atoms with E-state index in [0.717, 1.165) is 10.8 Å². The van der Waals surface area contributed by atoms with Gasteiger partial charge in [-0.05, 0) is 35.7 Å². The van der Waals surface area contributed by atoms with Crippen LogP contribution < -0.4 is 16.6 Å². The Balaban J connectivity index is 1.61. The van der Waals surface area contributed by atoms with Crippen LogP contribution in [0.15, 0.2) is 89.7 Å². The van der Waals surface area contributed by atoms with Crippen molar-refractivity contribution in [2.24, 2.45) is 7.05 Å². The van der Waals surface area contributed by atoms with Gasteiger partial charge in [0.1, 0.15) is 17.1 Å². The molecule has 0 aliphatic heterocycles. The third kappa shape index (κ3) is 3.90. The first-order chi connectivity index (χ1) is 17.4. The zero-order valence-corrected chi connectivity index (χ0v) is 19.6. The minimum atomic E-state index is -0.709. The Morgan fingerprint density at radius 2 is 1.64 bits per heavy atom. The van der Waals surface area contributed by atoms with Crippen LogP contribution in [0.25, 0.3) is 21.7 Å². The summed E-state index contributed by atoms with van der Waals surface area (Å²) in [7, 11) is 1.57. The first-order valence-corrected chi connectivity index (χ1v) is 11.5. The molecule has 5 rings (SSSR count). The molecule has 7 nitrogen and oxygen atoms in total. The van der Waals surface area contributed by atoms with Crippen molar-refractivity contribution in [1.82, 2.24) is 4.57 Å². The van der Waals surface area contributed by atoms with E-state index >= 15 is 0 Å². The zero-order valence-electron chi connectivity index (χ0n) is 19.6. The number of rotatable bonds is 6. The van der Waals surface area contributed by atoms with E-state index in [1.807, 2.05) is 30.3 Å². The number of anilines is 2. The Morgan fingerprint density at radius 1 is 0.944 bits per heavy atom. The number of phenolic OH excluding ortho intramolecular Hbond substituents is 1. The monoisotopic (exact) mass is 479 g/mol. The molecule has 1 aromatic heterocycles. The molecule has 5 N–H and O–H groups in total. The number of Topliss-reactive ketones (excluding diaryl/α,β-unsaturated/α-hetero) is 1. The third-order valence-electron chi connectivity index (χ3n) is 6.52. The van der Waals surface area contributed by atoms with Crippen molar-refractivity contribution < 1.29 is 15.0 Å². The molecule has 0 saturated carbocycles. The third-order valence-corrected chi connectivity index (χ3v) is 6.52. The maximum Gasteiger partial charge on any atom is 0.265 e. The van der Waals surface area contributed by atoms with Crippen LogP contribution in [0.1, 0.15) is 28.4 Å². The van der Waals surface area contributed by atoms with E-state index in [1.165, 1.54) is 4.57 Å². The quantitative estimate of drug-likeness (QED) is 0.199. The SMILES string of the molecule is Cn1c(=O)c(C(=O)CC(Nc2cccc3cccc(N)c23)c2ccccc2O)c(O)c2ccccc21. The van der Waals surface area contributed by atoms with Crippen LogP contribution in [-0.2, 0) is 7.05 Å². The first-order valence-electron chi connectivity index (χ1n) is 11.5. The van der Waals surface area contributed by atoms with Crippen LogP contribution in [0.4, 0.5) is 11.4 Å². The fraction of sp³-hybridized carbons (Fsp3) is 0.103. The van der Waals surface area contributed by atoms with Gasteiger partial charge in [-0.25, -0.2) is 0 Å². The van der Waals surface area contributed by atoms with E-state index in [2.05, 4.69) is 5.32 Å². The summed E-state index contributed by atoms with van der Waals surface area (Å²) in [5.41, 5.74) is 7.66. The molecule has 1 unspecified atom stereocenters. The highest BCUT2D eigenvalue weighted by molar-refractivity contribution is 6.05. The minimum Gasteiger partial charge on any atom is -0.508 e. The van der Waals surface area contributed by atoms with Crippen LogP contribution in [0.5, 0.6) is 11.5 Å². The summed E-state index contributed by atoms with van der Waals surface area (Å²) in [6.07, 6.45) is -0.193. The molecule has 36 heavy (non-hydrogen) atoms. The fourth-order valence-electron chi connectivity index (χ4n) is 4.72. The van der Waals surface area contributed by atoms with Crippen molar-refractivity contribution in [3.63, 3.8) is 0 Å². The largest absolute Gasteiger partial charge is 0.508 e. The average Bonchev–Trinajstić information content (AvgIpc) is 2.87. The number of nitrogens with two attached hydrogens (primary N) is 1. The second-order valence-electron chi connectivity index (χ2n) is 8.74. The number of pyridine rings is 1. The highest BCUT2D eigenvalue weighted by Gasteiger charge is 2.26. The predicted molar refractivity (Wildman–Crippen MR) is 143 cm³/mol. The summed E-state index contributed by atoms with van der Waals surface area (Å²) in [4.78, 5) is 26.7. The van der Waals surface area contributed by atoms with E-state index < -0.39 is 17.4 Å². The van der Waals surface area contributed by atoms with E-state index in [9.17, 15) is 19.8 Å². The summed E-state index contributed by atoms with van der Waals surface area (Å²) in [6.45, 7) is 0. The van der Waals surface area contributed by atoms with Crippen LogP contribution in [0, 0.1) is 0 Å². The van der Waals surface area contributed by atoms with Gasteiger partial charge in [0.25, 0.3) is 5.56 Å². The maximum atomic E-state index is 13.6. The normalized spacial score (nSPS) is 12.0. The Hall–Kier alpha value is -4.78. The zero-order chi connectivity index (χ0) is 25.4. The van der Waals surface area contributed by atoms with Crippen LogP contribution in [0.2, 0.25) is 0 Å². The van der Waals surface area contributed by atoms with Gasteiger partial charge in [-0.2, -0.15) is 0 Å². The lowest BCUT2D eigenvalue weighted by Gasteiger charge is -2.23. The van der Waals surface area contributed by atoms with Gasteiger partial charge in [0.15, 0.2) is 5.78 Å². The van der Waals surface area contributed by atoms with Crippen molar-refractivity contribution in [2.45, 2.75) is 12.5 Å². The van der Waals surface area contributed by atoms with Crippen molar-refractivity contribution in [3.8, 4) is 11.5 Å². The van der Waals surface area contributed by atoms with Crippen molar-refractivity contribution in [2.75, 3.05) is 11.1 Å². The van der Waals surface area contributed by atoms with E-state index in [0.29, 0.717) is 27.8 Å². The van der Waals surface area contributed by atoms with Gasteiger partial charge in [0, 0.05) is 41.2 Å². The molecule has 0 fully saturated rings. The highest BCUT2D eigenvalue weighted by atomic mass is 16.3. The highest BCUT2D eigenvalue weighted by Crippen LogP contribution is 2.36. The Bertz CT molecular complexity index is 1690. The number of benzene rings is 4. The number of aromatic nitrogens is 1. The predicted octanol–water partition coefficient (Wildman–Crippen LogP) is 5.11. The summed E-state index contributed by atoms with van der Waals surface area (Å²) in [6, 6.07) is 24.1. The number of nitrogen functional groups attached to an aromatic ring is 1. The summed E-state index contributed by atoms with van der Waals surface area (Å²) in [5, 5.41) is 27.0. The number of carbonyl (C=O) groups excluding carboxylic acids is 1. The summed E-state index contributed by atoms with van der Waals surface area (Å²) >= 11 is 0. The van der Waals surface area contributed by atoms with E-state index in [4.69, 9.17) is 5.73 Å². The number of nitrogens with zero attached hydrogens (tertiary/aromatic N) is 1. The van der Waals surface area contributed by atoms with Gasteiger partial charge in [0.05, 0.1) is 11.6 Å². The molecule has 1 atom stereocenters. The number of para-hydroxylation sites is 2. The molecule has 0 aliphatic carbocycles. The molecule has 4 aromatic carbocycles. The number of carbonyl (C=O) groups is 1. The summed E-state index contributed by atoms with van der Waals surface area (Å²) in [5.74, 6) is -0.886. The number of aryl methyl sites for hydroxylation is 1. The molecule has 0 saturated heterocycles. The van der Waals surface area contributed by atoms with Gasteiger partial charge in [0.2, 0.25) is 0 Å². The van der Waals surface area contributed by atoms with E-state index in [-0.39, 0.29) is 23.5 Å². The number of phenols is 1. The molecule has 0 bridgehead atoms. The maximum absolute atomic E-state index is 13.6. The molecule has 0 spiro atoms. The number of ketones is 1. The van der Waals surface area contributed by atoms with Gasteiger partial charge < -0.3 is 25.8 Å². The van der Waals surface area contributed by atoms with Gasteiger partial charge in [-0.1, -0.05) is 54.6 Å². The first kappa shape index (κ1) is 23.0. The average molecular weight is 480 g/mol. The Morgan fingerprint density at radius 3 is 2.42 bits per heavy atom. The lowest BCUT2D eigenvalue weighted by Crippen LogP contribution is -2.27. The number of nitrogens with one attached hydrogen (secondary N) is 1. The van der Waals surface area contributed by atoms with Crippen LogP contribution in [0.3, 0.4) is 0 Å². The van der Waals surface area contributed by atoms with Crippen LogP contribution in [-0.4, -0.2) is 20.6 Å². The molecule has 1 heterocycles. The second kappa shape index (κ2) is 9.11. The number of aromatic hydroxyl groups is 2. The van der Waals surface area contributed by atoms with Crippen molar-refractivity contribution in [3.05, 3.63) is 106 Å². The van der Waals surface area contributed by atoms with Gasteiger partial charge in [-0.3, -0.25) is 9.59 Å². The number of fused-ring (bicyclic) bond motifs is 2. The molecule has 7 heteroatoms. The number of hydrogen-bond donors (Lipinski definition) is 4. The van der Waals surface area contributed by atoms with Crippen molar-refractivity contribution in [1.29, 1.82) is 0 Å². The molecule has 0 amide bonds. The van der Waals surface area contributed by atoms with Crippen LogP contribution >= 0.6 is 0 Å². The topological polar surface area (TPSA) is 118 Å². The lowest BCUT2D eigenvalue weighted by atomic mass is 9.95.